The topological polar surface area (TPSA) is 112 Å². The van der Waals surface area contributed by atoms with Crippen LogP contribution >= 0.6 is 11.3 Å². The maximum Gasteiger partial charge on any atom is 0.328 e. The normalized spacial score (nSPS) is 15.9. The SMILES string of the molecule is O=C(Cc1csc(-c2ccc(CN3CCOCC3)cc2)n1)NC(CO)C(=O)O. The summed E-state index contributed by atoms with van der Waals surface area (Å²) in [5.74, 6) is -1.76. The van der Waals surface area contributed by atoms with Crippen LogP contribution in [0.5, 0.6) is 0 Å². The summed E-state index contributed by atoms with van der Waals surface area (Å²) < 4.78 is 5.36. The fraction of sp³-hybridized carbons (Fsp3) is 0.421. The Morgan fingerprint density at radius 3 is 2.61 bits per heavy atom. The van der Waals surface area contributed by atoms with E-state index in [0.717, 1.165) is 43.4 Å². The molecule has 1 aliphatic rings. The van der Waals surface area contributed by atoms with Gasteiger partial charge in [-0.25, -0.2) is 9.78 Å². The van der Waals surface area contributed by atoms with Crippen molar-refractivity contribution < 1.29 is 24.5 Å². The number of carboxylic acid groups (broad SMARTS) is 1. The molecule has 3 rings (SSSR count). The van der Waals surface area contributed by atoms with E-state index in [9.17, 15) is 9.59 Å². The fourth-order valence-electron chi connectivity index (χ4n) is 2.89. The molecule has 9 heteroatoms. The lowest BCUT2D eigenvalue weighted by atomic mass is 10.1. The zero-order chi connectivity index (χ0) is 19.9. The minimum absolute atomic E-state index is 0.0323. The molecule has 1 fully saturated rings. The first kappa shape index (κ1) is 20.4. The molecule has 2 aromatic rings. The maximum atomic E-state index is 11.9. The van der Waals surface area contributed by atoms with Crippen LogP contribution in [0.2, 0.25) is 0 Å². The number of aliphatic hydroxyl groups is 1. The van der Waals surface area contributed by atoms with Crippen LogP contribution in [0.15, 0.2) is 29.6 Å². The van der Waals surface area contributed by atoms with E-state index in [4.69, 9.17) is 14.9 Å². The summed E-state index contributed by atoms with van der Waals surface area (Å²) in [6.45, 7) is 3.68. The number of aromatic nitrogens is 1. The Labute approximate surface area is 166 Å². The van der Waals surface area contributed by atoms with Crippen LogP contribution in [0.25, 0.3) is 10.6 Å². The highest BCUT2D eigenvalue weighted by Crippen LogP contribution is 2.24. The van der Waals surface area contributed by atoms with Gasteiger partial charge >= 0.3 is 5.97 Å². The molecule has 3 N–H and O–H groups in total. The number of hydrogen-bond donors (Lipinski definition) is 3. The first-order valence-corrected chi connectivity index (χ1v) is 9.90. The molecule has 0 bridgehead atoms. The zero-order valence-electron chi connectivity index (χ0n) is 15.3. The zero-order valence-corrected chi connectivity index (χ0v) is 16.2. The third-order valence-corrected chi connectivity index (χ3v) is 5.36. The number of amides is 1. The Morgan fingerprint density at radius 1 is 1.25 bits per heavy atom. The maximum absolute atomic E-state index is 11.9. The van der Waals surface area contributed by atoms with Crippen molar-refractivity contribution >= 4 is 23.2 Å². The van der Waals surface area contributed by atoms with Crippen molar-refractivity contribution in [3.8, 4) is 10.6 Å². The van der Waals surface area contributed by atoms with Crippen LogP contribution in [0.3, 0.4) is 0 Å². The van der Waals surface area contributed by atoms with Crippen molar-refractivity contribution in [2.75, 3.05) is 32.9 Å². The van der Waals surface area contributed by atoms with Crippen LogP contribution in [-0.4, -0.2) is 70.9 Å². The van der Waals surface area contributed by atoms with Gasteiger partial charge < -0.3 is 20.3 Å². The van der Waals surface area contributed by atoms with Crippen molar-refractivity contribution in [3.63, 3.8) is 0 Å². The lowest BCUT2D eigenvalue weighted by molar-refractivity contribution is -0.142. The summed E-state index contributed by atoms with van der Waals surface area (Å²) in [6, 6.07) is 6.90. The Morgan fingerprint density at radius 2 is 1.96 bits per heavy atom. The Kier molecular flexibility index (Phi) is 7.10. The predicted molar refractivity (Wildman–Crippen MR) is 104 cm³/mol. The number of aliphatic hydroxyl groups excluding tert-OH is 1. The number of aliphatic carboxylic acids is 1. The molecule has 0 radical (unpaired) electrons. The number of ether oxygens (including phenoxy) is 1. The molecule has 1 saturated heterocycles. The average Bonchev–Trinajstić information content (AvgIpc) is 3.15. The highest BCUT2D eigenvalue weighted by Gasteiger charge is 2.19. The molecular weight excluding hydrogens is 382 g/mol. The average molecular weight is 405 g/mol. The molecule has 0 spiro atoms. The Balaban J connectivity index is 1.57. The van der Waals surface area contributed by atoms with Crippen molar-refractivity contribution in [2.24, 2.45) is 0 Å². The minimum Gasteiger partial charge on any atom is -0.480 e. The van der Waals surface area contributed by atoms with Crippen LogP contribution in [-0.2, 0) is 27.3 Å². The van der Waals surface area contributed by atoms with E-state index in [1.54, 1.807) is 5.38 Å². The number of benzene rings is 1. The highest BCUT2D eigenvalue weighted by atomic mass is 32.1. The highest BCUT2D eigenvalue weighted by molar-refractivity contribution is 7.13. The van der Waals surface area contributed by atoms with Crippen LogP contribution in [0, 0.1) is 0 Å². The third kappa shape index (κ3) is 5.59. The molecule has 1 amide bonds. The number of nitrogens with one attached hydrogen (secondary N) is 1. The quantitative estimate of drug-likeness (QED) is 0.594. The molecule has 8 nitrogen and oxygen atoms in total. The van der Waals surface area contributed by atoms with E-state index in [1.165, 1.54) is 16.9 Å². The van der Waals surface area contributed by atoms with Gasteiger partial charge in [-0.3, -0.25) is 9.69 Å². The van der Waals surface area contributed by atoms with E-state index in [2.05, 4.69) is 27.3 Å². The summed E-state index contributed by atoms with van der Waals surface area (Å²) in [6.07, 6.45) is -0.0323. The molecule has 1 aliphatic heterocycles. The number of morpholine rings is 1. The standard InChI is InChI=1S/C19H23N3O5S/c23-11-16(19(25)26)21-17(24)9-15-12-28-18(20-15)14-3-1-13(2-4-14)10-22-5-7-27-8-6-22/h1-4,12,16,23H,5-11H2,(H,21,24)(H,25,26). The summed E-state index contributed by atoms with van der Waals surface area (Å²) in [5, 5.41) is 22.7. The molecular formula is C19H23N3O5S. The van der Waals surface area contributed by atoms with Gasteiger partial charge in [0.15, 0.2) is 0 Å². The molecule has 1 atom stereocenters. The first-order chi connectivity index (χ1) is 13.5. The van der Waals surface area contributed by atoms with Crippen LogP contribution in [0.4, 0.5) is 0 Å². The number of carbonyl (C=O) groups excluding carboxylic acids is 1. The third-order valence-electron chi connectivity index (χ3n) is 4.42. The van der Waals surface area contributed by atoms with E-state index in [-0.39, 0.29) is 6.42 Å². The lowest BCUT2D eigenvalue weighted by Crippen LogP contribution is -2.43. The molecule has 150 valence electrons. The Hall–Kier alpha value is -2.33. The lowest BCUT2D eigenvalue weighted by Gasteiger charge is -2.26. The molecule has 0 aliphatic carbocycles. The number of nitrogens with zero attached hydrogens (tertiary/aromatic N) is 2. The first-order valence-electron chi connectivity index (χ1n) is 9.02. The van der Waals surface area contributed by atoms with Crippen LogP contribution in [0.1, 0.15) is 11.3 Å². The van der Waals surface area contributed by atoms with E-state index >= 15 is 0 Å². The number of carboxylic acids is 1. The van der Waals surface area contributed by atoms with Gasteiger partial charge in [0.2, 0.25) is 5.91 Å². The van der Waals surface area contributed by atoms with E-state index in [0.29, 0.717) is 5.69 Å². The van der Waals surface area contributed by atoms with Gasteiger partial charge in [0.25, 0.3) is 0 Å². The molecule has 28 heavy (non-hydrogen) atoms. The molecule has 1 unspecified atom stereocenters. The van der Waals surface area contributed by atoms with Gasteiger partial charge in [0.05, 0.1) is 31.9 Å². The summed E-state index contributed by atoms with van der Waals surface area (Å²) in [7, 11) is 0. The van der Waals surface area contributed by atoms with Crippen molar-refractivity contribution in [1.82, 2.24) is 15.2 Å². The number of hydrogen-bond acceptors (Lipinski definition) is 7. The van der Waals surface area contributed by atoms with Gasteiger partial charge in [-0.2, -0.15) is 0 Å². The summed E-state index contributed by atoms with van der Waals surface area (Å²) in [5.41, 5.74) is 2.77. The van der Waals surface area contributed by atoms with Gasteiger partial charge in [0.1, 0.15) is 11.0 Å². The second-order valence-corrected chi connectivity index (χ2v) is 7.41. The molecule has 1 aromatic carbocycles. The van der Waals surface area contributed by atoms with E-state index in [1.807, 2.05) is 12.1 Å². The van der Waals surface area contributed by atoms with Gasteiger partial charge in [-0.15, -0.1) is 11.3 Å². The minimum atomic E-state index is -1.30. The van der Waals surface area contributed by atoms with Crippen molar-refractivity contribution in [2.45, 2.75) is 19.0 Å². The van der Waals surface area contributed by atoms with Crippen LogP contribution < -0.4 is 5.32 Å². The van der Waals surface area contributed by atoms with E-state index < -0.39 is 24.5 Å². The number of carbonyl (C=O) groups is 2. The van der Waals surface area contributed by atoms with Gasteiger partial charge in [0, 0.05) is 30.6 Å². The largest absolute Gasteiger partial charge is 0.480 e. The smallest absolute Gasteiger partial charge is 0.328 e. The van der Waals surface area contributed by atoms with Gasteiger partial charge in [-0.05, 0) is 5.56 Å². The predicted octanol–water partition coefficient (Wildman–Crippen LogP) is 0.746. The number of thiazole rings is 1. The molecule has 1 aromatic heterocycles. The second kappa shape index (κ2) is 9.74. The summed E-state index contributed by atoms with van der Waals surface area (Å²) in [4.78, 5) is 29.6. The monoisotopic (exact) mass is 405 g/mol. The number of rotatable bonds is 8. The van der Waals surface area contributed by atoms with Gasteiger partial charge in [-0.1, -0.05) is 24.3 Å². The summed E-state index contributed by atoms with van der Waals surface area (Å²) >= 11 is 1.43. The molecule has 2 heterocycles. The fourth-order valence-corrected chi connectivity index (χ4v) is 3.71. The van der Waals surface area contributed by atoms with Crippen molar-refractivity contribution in [1.29, 1.82) is 0 Å². The second-order valence-electron chi connectivity index (χ2n) is 6.55. The van der Waals surface area contributed by atoms with Crippen molar-refractivity contribution in [3.05, 3.63) is 40.9 Å². The molecule has 0 saturated carbocycles. The Bertz CT molecular complexity index is 802.